The molecular weight excluding hydrogens is 418 g/mol. The summed E-state index contributed by atoms with van der Waals surface area (Å²) in [4.78, 5) is 22.9. The number of fused-ring (bicyclic) bond motifs is 1. The first kappa shape index (κ1) is 18.9. The van der Waals surface area contributed by atoms with Gasteiger partial charge in [-0.15, -0.1) is 0 Å². The van der Waals surface area contributed by atoms with Crippen molar-refractivity contribution in [1.29, 1.82) is 0 Å². The standard InChI is InChI=1S/C22H22BrN3O2/c23-18-6-7-20-19(13-18)22(25-15-24-20)28-14-21(27)26-10-8-17(9-11-26)12-16-4-2-1-3-5-16/h1-7,13,15,17H,8-12,14H2. The number of hydrogen-bond acceptors (Lipinski definition) is 4. The number of aromatic nitrogens is 2. The van der Waals surface area contributed by atoms with Crippen molar-refractivity contribution >= 4 is 32.7 Å². The van der Waals surface area contributed by atoms with Crippen molar-refractivity contribution in [2.75, 3.05) is 19.7 Å². The van der Waals surface area contributed by atoms with E-state index >= 15 is 0 Å². The molecular formula is C22H22BrN3O2. The summed E-state index contributed by atoms with van der Waals surface area (Å²) in [6.45, 7) is 1.58. The molecule has 2 aromatic carbocycles. The van der Waals surface area contributed by atoms with Crippen LogP contribution < -0.4 is 4.74 Å². The Balaban J connectivity index is 1.31. The van der Waals surface area contributed by atoms with E-state index in [9.17, 15) is 4.79 Å². The topological polar surface area (TPSA) is 55.3 Å². The largest absolute Gasteiger partial charge is 0.467 e. The van der Waals surface area contributed by atoms with E-state index in [0.717, 1.165) is 47.7 Å². The Morgan fingerprint density at radius 3 is 2.68 bits per heavy atom. The van der Waals surface area contributed by atoms with Crippen LogP contribution in [-0.2, 0) is 11.2 Å². The molecule has 3 aromatic rings. The number of ether oxygens (including phenoxy) is 1. The average Bonchev–Trinajstić information content (AvgIpc) is 2.73. The number of carbonyl (C=O) groups excluding carboxylic acids is 1. The highest BCUT2D eigenvalue weighted by Gasteiger charge is 2.23. The van der Waals surface area contributed by atoms with E-state index in [2.05, 4.69) is 50.2 Å². The van der Waals surface area contributed by atoms with Gasteiger partial charge >= 0.3 is 0 Å². The molecule has 1 amide bonds. The monoisotopic (exact) mass is 439 g/mol. The number of hydrogen-bond donors (Lipinski definition) is 0. The molecule has 1 saturated heterocycles. The molecule has 0 unspecified atom stereocenters. The molecule has 1 aliphatic heterocycles. The van der Waals surface area contributed by atoms with Gasteiger partial charge in [0.15, 0.2) is 6.61 Å². The van der Waals surface area contributed by atoms with Crippen molar-refractivity contribution in [3.63, 3.8) is 0 Å². The second-order valence-electron chi connectivity index (χ2n) is 7.14. The Bertz CT molecular complexity index is 956. The summed E-state index contributed by atoms with van der Waals surface area (Å²) < 4.78 is 6.67. The van der Waals surface area contributed by atoms with Crippen LogP contribution in [0, 0.1) is 5.92 Å². The number of carbonyl (C=O) groups is 1. The molecule has 4 rings (SSSR count). The van der Waals surface area contributed by atoms with Crippen LogP contribution in [0.5, 0.6) is 5.88 Å². The summed E-state index contributed by atoms with van der Waals surface area (Å²) in [5.41, 5.74) is 2.17. The van der Waals surface area contributed by atoms with E-state index in [1.807, 2.05) is 29.2 Å². The van der Waals surface area contributed by atoms with Crippen molar-refractivity contribution < 1.29 is 9.53 Å². The highest BCUT2D eigenvalue weighted by Crippen LogP contribution is 2.25. The lowest BCUT2D eigenvalue weighted by atomic mass is 9.90. The molecule has 0 N–H and O–H groups in total. The Morgan fingerprint density at radius 1 is 1.11 bits per heavy atom. The van der Waals surface area contributed by atoms with Gasteiger partial charge in [0.05, 0.1) is 10.9 Å². The molecule has 1 fully saturated rings. The first-order valence-electron chi connectivity index (χ1n) is 9.54. The van der Waals surface area contributed by atoms with Crippen molar-refractivity contribution in [2.45, 2.75) is 19.3 Å². The van der Waals surface area contributed by atoms with Crippen molar-refractivity contribution in [3.8, 4) is 5.88 Å². The lowest BCUT2D eigenvalue weighted by molar-refractivity contribution is -0.134. The summed E-state index contributed by atoms with van der Waals surface area (Å²) in [5.74, 6) is 1.09. The minimum Gasteiger partial charge on any atom is -0.467 e. The van der Waals surface area contributed by atoms with Crippen LogP contribution in [0.15, 0.2) is 59.3 Å². The third-order valence-electron chi connectivity index (χ3n) is 5.23. The first-order valence-corrected chi connectivity index (χ1v) is 10.3. The molecule has 0 aliphatic carbocycles. The fraction of sp³-hybridized carbons (Fsp3) is 0.318. The van der Waals surface area contributed by atoms with Crippen LogP contribution >= 0.6 is 15.9 Å². The SMILES string of the molecule is O=C(COc1ncnc2ccc(Br)cc12)N1CCC(Cc2ccccc2)CC1. The minimum absolute atomic E-state index is 0.00196. The first-order chi connectivity index (χ1) is 13.7. The van der Waals surface area contributed by atoms with Crippen LogP contribution in [0.3, 0.4) is 0 Å². The van der Waals surface area contributed by atoms with E-state index in [0.29, 0.717) is 11.8 Å². The molecule has 0 atom stereocenters. The second kappa shape index (κ2) is 8.69. The van der Waals surface area contributed by atoms with Crippen molar-refractivity contribution in [2.24, 2.45) is 5.92 Å². The number of rotatable bonds is 5. The maximum atomic E-state index is 12.6. The fourth-order valence-electron chi connectivity index (χ4n) is 3.68. The molecule has 144 valence electrons. The van der Waals surface area contributed by atoms with E-state index in [-0.39, 0.29) is 12.5 Å². The Morgan fingerprint density at radius 2 is 1.89 bits per heavy atom. The van der Waals surface area contributed by atoms with Gasteiger partial charge in [0.1, 0.15) is 6.33 Å². The van der Waals surface area contributed by atoms with Gasteiger partial charge in [-0.25, -0.2) is 9.97 Å². The van der Waals surface area contributed by atoms with Gasteiger partial charge in [-0.3, -0.25) is 4.79 Å². The van der Waals surface area contributed by atoms with Gasteiger partial charge in [0.25, 0.3) is 5.91 Å². The highest BCUT2D eigenvalue weighted by atomic mass is 79.9. The molecule has 0 bridgehead atoms. The summed E-state index contributed by atoms with van der Waals surface area (Å²) in [6, 6.07) is 16.3. The van der Waals surface area contributed by atoms with E-state index in [1.165, 1.54) is 11.9 Å². The van der Waals surface area contributed by atoms with E-state index in [4.69, 9.17) is 4.74 Å². The Labute approximate surface area is 172 Å². The maximum Gasteiger partial charge on any atom is 0.260 e. The zero-order chi connectivity index (χ0) is 19.3. The number of nitrogens with zero attached hydrogens (tertiary/aromatic N) is 3. The Kier molecular flexibility index (Phi) is 5.86. The highest BCUT2D eigenvalue weighted by molar-refractivity contribution is 9.10. The van der Waals surface area contributed by atoms with Gasteiger partial charge in [0.2, 0.25) is 5.88 Å². The van der Waals surface area contributed by atoms with Gasteiger partial charge in [-0.05, 0) is 48.9 Å². The molecule has 0 saturated carbocycles. The predicted octanol–water partition coefficient (Wildman–Crippen LogP) is 4.25. The fourth-order valence-corrected chi connectivity index (χ4v) is 4.04. The van der Waals surface area contributed by atoms with Gasteiger partial charge in [-0.1, -0.05) is 46.3 Å². The molecule has 0 radical (unpaired) electrons. The van der Waals surface area contributed by atoms with Crippen molar-refractivity contribution in [1.82, 2.24) is 14.9 Å². The molecule has 1 aliphatic rings. The molecule has 5 nitrogen and oxygen atoms in total. The summed E-state index contributed by atoms with van der Waals surface area (Å²) in [7, 11) is 0. The van der Waals surface area contributed by atoms with Gasteiger partial charge in [0, 0.05) is 17.6 Å². The molecule has 6 heteroatoms. The normalized spacial score (nSPS) is 15.0. The molecule has 1 aromatic heterocycles. The number of amides is 1. The maximum absolute atomic E-state index is 12.6. The molecule has 2 heterocycles. The summed E-state index contributed by atoms with van der Waals surface area (Å²) >= 11 is 3.45. The number of halogens is 1. The quantitative estimate of drug-likeness (QED) is 0.595. The van der Waals surface area contributed by atoms with Crippen LogP contribution in [-0.4, -0.2) is 40.5 Å². The lowest BCUT2D eigenvalue weighted by Crippen LogP contribution is -2.41. The number of piperidine rings is 1. The third kappa shape index (κ3) is 4.50. The zero-order valence-corrected chi connectivity index (χ0v) is 17.1. The lowest BCUT2D eigenvalue weighted by Gasteiger charge is -2.32. The third-order valence-corrected chi connectivity index (χ3v) is 5.72. The van der Waals surface area contributed by atoms with Gasteiger partial charge < -0.3 is 9.64 Å². The van der Waals surface area contributed by atoms with Crippen LogP contribution in [0.25, 0.3) is 10.9 Å². The summed E-state index contributed by atoms with van der Waals surface area (Å²) in [6.07, 6.45) is 4.61. The van der Waals surface area contributed by atoms with Crippen LogP contribution in [0.1, 0.15) is 18.4 Å². The predicted molar refractivity (Wildman–Crippen MR) is 112 cm³/mol. The zero-order valence-electron chi connectivity index (χ0n) is 15.6. The second-order valence-corrected chi connectivity index (χ2v) is 8.06. The summed E-state index contributed by atoms with van der Waals surface area (Å²) in [5, 5.41) is 0.797. The smallest absolute Gasteiger partial charge is 0.260 e. The van der Waals surface area contributed by atoms with Crippen LogP contribution in [0.4, 0.5) is 0 Å². The van der Waals surface area contributed by atoms with Crippen molar-refractivity contribution in [3.05, 3.63) is 64.9 Å². The molecule has 0 spiro atoms. The van der Waals surface area contributed by atoms with E-state index < -0.39 is 0 Å². The number of benzene rings is 2. The average molecular weight is 440 g/mol. The number of likely N-dealkylation sites (tertiary alicyclic amines) is 1. The van der Waals surface area contributed by atoms with E-state index in [1.54, 1.807) is 0 Å². The van der Waals surface area contributed by atoms with Gasteiger partial charge in [-0.2, -0.15) is 0 Å². The molecule has 28 heavy (non-hydrogen) atoms. The Hall–Kier alpha value is -2.47. The van der Waals surface area contributed by atoms with Crippen LogP contribution in [0.2, 0.25) is 0 Å². The minimum atomic E-state index is 0.00196.